The molecule has 1 aromatic carbocycles. The van der Waals surface area contributed by atoms with Crippen LogP contribution < -0.4 is 11.1 Å². The quantitative estimate of drug-likeness (QED) is 0.751. The van der Waals surface area contributed by atoms with Crippen molar-refractivity contribution in [1.82, 2.24) is 14.9 Å². The number of amides is 1. The van der Waals surface area contributed by atoms with Crippen molar-refractivity contribution < 1.29 is 4.79 Å². The van der Waals surface area contributed by atoms with Crippen molar-refractivity contribution in [3.63, 3.8) is 0 Å². The molecule has 2 aromatic rings. The highest BCUT2D eigenvalue weighted by Gasteiger charge is 2.07. The van der Waals surface area contributed by atoms with Crippen molar-refractivity contribution in [2.45, 2.75) is 26.3 Å². The zero-order valence-electron chi connectivity index (χ0n) is 11.7. The topological polar surface area (TPSA) is 72.9 Å². The first-order chi connectivity index (χ1) is 9.68. The number of aryl methyl sites for hydroxylation is 1. The van der Waals surface area contributed by atoms with E-state index in [1.807, 2.05) is 31.3 Å². The lowest BCUT2D eigenvalue weighted by Crippen LogP contribution is -2.19. The highest BCUT2D eigenvalue weighted by Crippen LogP contribution is 2.14. The summed E-state index contributed by atoms with van der Waals surface area (Å²) >= 11 is 0. The van der Waals surface area contributed by atoms with Gasteiger partial charge in [-0.3, -0.25) is 9.36 Å². The van der Waals surface area contributed by atoms with Crippen molar-refractivity contribution in [3.8, 4) is 5.69 Å². The van der Waals surface area contributed by atoms with Crippen molar-refractivity contribution in [2.24, 2.45) is 5.73 Å². The second kappa shape index (κ2) is 6.86. The van der Waals surface area contributed by atoms with Crippen molar-refractivity contribution in [1.29, 1.82) is 0 Å². The van der Waals surface area contributed by atoms with Crippen LogP contribution in [0.4, 0.5) is 0 Å². The fourth-order valence-electron chi connectivity index (χ4n) is 2.15. The van der Waals surface area contributed by atoms with Crippen LogP contribution in [0.3, 0.4) is 0 Å². The molecule has 2 rings (SSSR count). The zero-order chi connectivity index (χ0) is 14.4. The molecule has 0 fully saturated rings. The van der Waals surface area contributed by atoms with Gasteiger partial charge in [-0.15, -0.1) is 0 Å². The third kappa shape index (κ3) is 3.68. The molecule has 5 heteroatoms. The molecular formula is C15H20N4O. The van der Waals surface area contributed by atoms with E-state index < -0.39 is 0 Å². The van der Waals surface area contributed by atoms with E-state index in [1.165, 1.54) is 0 Å². The highest BCUT2D eigenvalue weighted by molar-refractivity contribution is 5.73. The molecular weight excluding hydrogens is 252 g/mol. The maximum Gasteiger partial charge on any atom is 0.217 e. The number of hydrogen-bond donors (Lipinski definition) is 2. The van der Waals surface area contributed by atoms with Crippen LogP contribution in [0, 0.1) is 6.92 Å². The molecule has 106 valence electrons. The SMILES string of the molecule is Cc1ncc(CNCCCC(N)=O)n1-c1ccccc1. The summed E-state index contributed by atoms with van der Waals surface area (Å²) in [7, 11) is 0. The second-order valence-corrected chi connectivity index (χ2v) is 4.71. The lowest BCUT2D eigenvalue weighted by atomic mass is 10.3. The van der Waals surface area contributed by atoms with E-state index >= 15 is 0 Å². The van der Waals surface area contributed by atoms with Crippen LogP contribution in [0.15, 0.2) is 36.5 Å². The molecule has 0 aliphatic carbocycles. The Morgan fingerprint density at radius 2 is 2.10 bits per heavy atom. The number of benzene rings is 1. The van der Waals surface area contributed by atoms with E-state index in [1.54, 1.807) is 0 Å². The van der Waals surface area contributed by atoms with Gasteiger partial charge in [-0.2, -0.15) is 0 Å². The molecule has 3 N–H and O–H groups in total. The van der Waals surface area contributed by atoms with Crippen LogP contribution >= 0.6 is 0 Å². The Kier molecular flexibility index (Phi) is 4.90. The molecule has 20 heavy (non-hydrogen) atoms. The van der Waals surface area contributed by atoms with Crippen molar-refractivity contribution >= 4 is 5.91 Å². The molecule has 5 nitrogen and oxygen atoms in total. The van der Waals surface area contributed by atoms with Crippen LogP contribution in [-0.2, 0) is 11.3 Å². The van der Waals surface area contributed by atoms with Gasteiger partial charge in [-0.05, 0) is 32.0 Å². The first kappa shape index (κ1) is 14.3. The standard InChI is InChI=1S/C15H20N4O/c1-12-18-11-14(10-17-9-5-8-15(16)20)19(12)13-6-3-2-4-7-13/h2-4,6-7,11,17H,5,8-10H2,1H3,(H2,16,20). The number of para-hydroxylation sites is 1. The second-order valence-electron chi connectivity index (χ2n) is 4.71. The van der Waals surface area contributed by atoms with Crippen LogP contribution in [0.5, 0.6) is 0 Å². The Bertz CT molecular complexity index is 563. The first-order valence-corrected chi connectivity index (χ1v) is 6.76. The summed E-state index contributed by atoms with van der Waals surface area (Å²) in [5.41, 5.74) is 7.32. The first-order valence-electron chi connectivity index (χ1n) is 6.76. The van der Waals surface area contributed by atoms with E-state index in [0.29, 0.717) is 13.0 Å². The Morgan fingerprint density at radius 1 is 1.35 bits per heavy atom. The Labute approximate surface area is 118 Å². The van der Waals surface area contributed by atoms with Gasteiger partial charge in [0.05, 0.1) is 11.9 Å². The minimum Gasteiger partial charge on any atom is -0.370 e. The van der Waals surface area contributed by atoms with E-state index in [-0.39, 0.29) is 5.91 Å². The number of nitrogens with zero attached hydrogens (tertiary/aromatic N) is 2. The lowest BCUT2D eigenvalue weighted by Gasteiger charge is -2.11. The number of hydrogen-bond acceptors (Lipinski definition) is 3. The highest BCUT2D eigenvalue weighted by atomic mass is 16.1. The van der Waals surface area contributed by atoms with Crippen LogP contribution in [0.25, 0.3) is 5.69 Å². The number of primary amides is 1. The summed E-state index contributed by atoms with van der Waals surface area (Å²) in [6.07, 6.45) is 3.06. The van der Waals surface area contributed by atoms with Gasteiger partial charge >= 0.3 is 0 Å². The fraction of sp³-hybridized carbons (Fsp3) is 0.333. The molecule has 0 unspecified atom stereocenters. The molecule has 0 aliphatic rings. The Balaban J connectivity index is 1.98. The van der Waals surface area contributed by atoms with Gasteiger partial charge in [0.15, 0.2) is 0 Å². The minimum atomic E-state index is -0.253. The predicted molar refractivity (Wildman–Crippen MR) is 78.4 cm³/mol. The third-order valence-corrected chi connectivity index (χ3v) is 3.11. The number of carbonyl (C=O) groups excluding carboxylic acids is 1. The van der Waals surface area contributed by atoms with Gasteiger partial charge in [0.1, 0.15) is 5.82 Å². The summed E-state index contributed by atoms with van der Waals surface area (Å²) in [5, 5.41) is 3.31. The minimum absolute atomic E-state index is 0.253. The van der Waals surface area contributed by atoms with Crippen molar-refractivity contribution in [2.75, 3.05) is 6.54 Å². The summed E-state index contributed by atoms with van der Waals surface area (Å²) < 4.78 is 2.13. The third-order valence-electron chi connectivity index (χ3n) is 3.11. The van der Waals surface area contributed by atoms with E-state index in [4.69, 9.17) is 5.73 Å². The average Bonchev–Trinajstić information content (AvgIpc) is 2.80. The monoisotopic (exact) mass is 272 g/mol. The van der Waals surface area contributed by atoms with Crippen LogP contribution in [-0.4, -0.2) is 22.0 Å². The molecule has 0 radical (unpaired) electrons. The predicted octanol–water partition coefficient (Wildman–Crippen LogP) is 1.54. The molecule has 1 aromatic heterocycles. The van der Waals surface area contributed by atoms with Crippen LogP contribution in [0.2, 0.25) is 0 Å². The molecule has 0 saturated heterocycles. The lowest BCUT2D eigenvalue weighted by molar-refractivity contribution is -0.118. The van der Waals surface area contributed by atoms with Gasteiger partial charge in [0, 0.05) is 18.7 Å². The van der Waals surface area contributed by atoms with Crippen LogP contribution in [0.1, 0.15) is 24.4 Å². The number of imidazole rings is 1. The summed E-state index contributed by atoms with van der Waals surface area (Å²) in [4.78, 5) is 15.0. The van der Waals surface area contributed by atoms with Gasteiger partial charge in [-0.1, -0.05) is 18.2 Å². The smallest absolute Gasteiger partial charge is 0.217 e. The molecule has 0 bridgehead atoms. The molecule has 0 aliphatic heterocycles. The molecule has 1 amide bonds. The largest absolute Gasteiger partial charge is 0.370 e. The van der Waals surface area contributed by atoms with Gasteiger partial charge in [0.2, 0.25) is 5.91 Å². The fourth-order valence-corrected chi connectivity index (χ4v) is 2.15. The van der Waals surface area contributed by atoms with Gasteiger partial charge < -0.3 is 11.1 Å². The number of rotatable bonds is 7. The van der Waals surface area contributed by atoms with Crippen molar-refractivity contribution in [3.05, 3.63) is 48.0 Å². The molecule has 1 heterocycles. The van der Waals surface area contributed by atoms with Gasteiger partial charge in [-0.25, -0.2) is 4.98 Å². The summed E-state index contributed by atoms with van der Waals surface area (Å²) in [5.74, 6) is 0.710. The number of nitrogens with one attached hydrogen (secondary N) is 1. The summed E-state index contributed by atoms with van der Waals surface area (Å²) in [6, 6.07) is 10.1. The Hall–Kier alpha value is -2.14. The Morgan fingerprint density at radius 3 is 2.80 bits per heavy atom. The van der Waals surface area contributed by atoms with E-state index in [0.717, 1.165) is 30.2 Å². The molecule has 0 saturated carbocycles. The van der Waals surface area contributed by atoms with E-state index in [2.05, 4.69) is 27.0 Å². The maximum absolute atomic E-state index is 10.7. The average molecular weight is 272 g/mol. The number of aromatic nitrogens is 2. The zero-order valence-corrected chi connectivity index (χ0v) is 11.7. The number of nitrogens with two attached hydrogens (primary N) is 1. The molecule has 0 spiro atoms. The molecule has 0 atom stereocenters. The van der Waals surface area contributed by atoms with E-state index in [9.17, 15) is 4.79 Å². The number of carbonyl (C=O) groups is 1. The summed E-state index contributed by atoms with van der Waals surface area (Å²) in [6.45, 7) is 3.47. The van der Waals surface area contributed by atoms with Gasteiger partial charge in [0.25, 0.3) is 0 Å². The maximum atomic E-state index is 10.7. The normalized spacial score (nSPS) is 10.7.